The number of nitrogens with zero attached hydrogens (tertiary/aromatic N) is 2. The second kappa shape index (κ2) is 10.6. The number of thiazole rings is 1. The SMILES string of the molecule is CCOC(=O)CNC(=O)N(CCOC)CC(=O)Nc1ncc(C)s1. The van der Waals surface area contributed by atoms with Crippen LogP contribution in [-0.4, -0.2) is 67.7 Å². The molecule has 0 atom stereocenters. The summed E-state index contributed by atoms with van der Waals surface area (Å²) in [7, 11) is 1.49. The third-order valence-corrected chi connectivity index (χ3v) is 3.57. The second-order valence-electron chi connectivity index (χ2n) is 4.70. The van der Waals surface area contributed by atoms with Gasteiger partial charge in [-0.1, -0.05) is 0 Å². The zero-order valence-electron chi connectivity index (χ0n) is 14.0. The van der Waals surface area contributed by atoms with Crippen LogP contribution in [0.4, 0.5) is 9.93 Å². The molecule has 1 aromatic heterocycles. The first-order valence-corrected chi connectivity index (χ1v) is 8.17. The Labute approximate surface area is 144 Å². The minimum atomic E-state index is -0.550. The third-order valence-electron chi connectivity index (χ3n) is 2.74. The van der Waals surface area contributed by atoms with E-state index in [1.807, 2.05) is 6.92 Å². The number of aryl methyl sites for hydroxylation is 1. The molecule has 24 heavy (non-hydrogen) atoms. The van der Waals surface area contributed by atoms with Crippen molar-refractivity contribution in [1.82, 2.24) is 15.2 Å². The van der Waals surface area contributed by atoms with E-state index in [2.05, 4.69) is 15.6 Å². The lowest BCUT2D eigenvalue weighted by molar-refractivity contribution is -0.141. The van der Waals surface area contributed by atoms with Crippen LogP contribution in [0.25, 0.3) is 0 Å². The smallest absolute Gasteiger partial charge is 0.325 e. The van der Waals surface area contributed by atoms with E-state index < -0.39 is 12.0 Å². The molecule has 0 bridgehead atoms. The number of aromatic nitrogens is 1. The number of nitrogens with one attached hydrogen (secondary N) is 2. The third kappa shape index (κ3) is 7.38. The Balaban J connectivity index is 2.54. The van der Waals surface area contributed by atoms with Crippen molar-refractivity contribution in [2.24, 2.45) is 0 Å². The summed E-state index contributed by atoms with van der Waals surface area (Å²) < 4.78 is 9.67. The molecule has 0 fully saturated rings. The Kier molecular flexibility index (Phi) is 8.72. The maximum Gasteiger partial charge on any atom is 0.325 e. The van der Waals surface area contributed by atoms with Gasteiger partial charge in [0.1, 0.15) is 13.1 Å². The predicted octanol–water partition coefficient (Wildman–Crippen LogP) is 0.611. The molecule has 0 aromatic carbocycles. The van der Waals surface area contributed by atoms with Gasteiger partial charge in [0.05, 0.1) is 13.2 Å². The highest BCUT2D eigenvalue weighted by molar-refractivity contribution is 7.15. The van der Waals surface area contributed by atoms with Crippen molar-refractivity contribution in [3.05, 3.63) is 11.1 Å². The van der Waals surface area contributed by atoms with Crippen molar-refractivity contribution >= 4 is 34.4 Å². The molecule has 0 spiro atoms. The van der Waals surface area contributed by atoms with Gasteiger partial charge in [-0.3, -0.25) is 9.59 Å². The second-order valence-corrected chi connectivity index (χ2v) is 5.94. The maximum atomic E-state index is 12.1. The molecule has 0 saturated heterocycles. The zero-order valence-corrected chi connectivity index (χ0v) is 14.8. The largest absolute Gasteiger partial charge is 0.465 e. The Morgan fingerprint density at radius 2 is 2.12 bits per heavy atom. The number of carbonyl (C=O) groups excluding carboxylic acids is 3. The zero-order chi connectivity index (χ0) is 17.9. The predicted molar refractivity (Wildman–Crippen MR) is 89.0 cm³/mol. The van der Waals surface area contributed by atoms with E-state index in [9.17, 15) is 14.4 Å². The van der Waals surface area contributed by atoms with Gasteiger partial charge in [0.15, 0.2) is 5.13 Å². The van der Waals surface area contributed by atoms with Crippen LogP contribution in [0.1, 0.15) is 11.8 Å². The number of anilines is 1. The molecule has 10 heteroatoms. The summed E-state index contributed by atoms with van der Waals surface area (Å²) in [5.41, 5.74) is 0. The first kappa shape index (κ1) is 19.8. The number of rotatable bonds is 9. The molecule has 1 aromatic rings. The molecule has 0 saturated carbocycles. The Bertz CT molecular complexity index is 563. The van der Waals surface area contributed by atoms with E-state index in [-0.39, 0.29) is 38.8 Å². The summed E-state index contributed by atoms with van der Waals surface area (Å²) in [5.74, 6) is -0.924. The highest BCUT2D eigenvalue weighted by atomic mass is 32.1. The Hall–Kier alpha value is -2.20. The van der Waals surface area contributed by atoms with Gasteiger partial charge in [0, 0.05) is 24.7 Å². The standard InChI is InChI=1S/C14H22N4O5S/c1-4-23-12(20)8-16-14(21)18(5-6-22-3)9-11(19)17-13-15-7-10(2)24-13/h7H,4-6,8-9H2,1-3H3,(H,16,21)(H,15,17,19). The van der Waals surface area contributed by atoms with Crippen LogP contribution in [0.2, 0.25) is 0 Å². The van der Waals surface area contributed by atoms with Gasteiger partial charge in [-0.05, 0) is 13.8 Å². The van der Waals surface area contributed by atoms with Crippen molar-refractivity contribution in [1.29, 1.82) is 0 Å². The number of hydrogen-bond acceptors (Lipinski definition) is 7. The van der Waals surface area contributed by atoms with Crippen molar-refractivity contribution in [3.8, 4) is 0 Å². The van der Waals surface area contributed by atoms with Gasteiger partial charge >= 0.3 is 12.0 Å². The monoisotopic (exact) mass is 358 g/mol. The number of methoxy groups -OCH3 is 1. The molecule has 2 N–H and O–H groups in total. The van der Waals surface area contributed by atoms with Gasteiger partial charge < -0.3 is 25.0 Å². The number of esters is 1. The van der Waals surface area contributed by atoms with E-state index in [1.165, 1.54) is 23.3 Å². The van der Waals surface area contributed by atoms with Gasteiger partial charge in [0.2, 0.25) is 5.91 Å². The summed E-state index contributed by atoms with van der Waals surface area (Å²) in [6, 6.07) is -0.550. The molecule has 134 valence electrons. The minimum absolute atomic E-state index is 0.184. The van der Waals surface area contributed by atoms with Crippen LogP contribution in [0.3, 0.4) is 0 Å². The van der Waals surface area contributed by atoms with Gasteiger partial charge in [-0.25, -0.2) is 9.78 Å². The van der Waals surface area contributed by atoms with Crippen LogP contribution >= 0.6 is 11.3 Å². The fourth-order valence-electron chi connectivity index (χ4n) is 1.67. The molecule has 0 aliphatic carbocycles. The minimum Gasteiger partial charge on any atom is -0.465 e. The average Bonchev–Trinajstić information content (AvgIpc) is 2.94. The summed E-state index contributed by atoms with van der Waals surface area (Å²) in [4.78, 5) is 41.7. The van der Waals surface area contributed by atoms with E-state index in [0.717, 1.165) is 4.88 Å². The van der Waals surface area contributed by atoms with Gasteiger partial charge in [0.25, 0.3) is 0 Å². The summed E-state index contributed by atoms with van der Waals surface area (Å²) in [6.07, 6.45) is 1.65. The molecule has 0 aliphatic rings. The number of carbonyl (C=O) groups is 3. The molecule has 0 radical (unpaired) electrons. The highest BCUT2D eigenvalue weighted by Crippen LogP contribution is 2.16. The van der Waals surface area contributed by atoms with Crippen molar-refractivity contribution < 1.29 is 23.9 Å². The first-order chi connectivity index (χ1) is 11.5. The quantitative estimate of drug-likeness (QED) is 0.626. The molecule has 3 amide bonds. The van der Waals surface area contributed by atoms with Gasteiger partial charge in [-0.15, -0.1) is 11.3 Å². The van der Waals surface area contributed by atoms with E-state index in [1.54, 1.807) is 13.1 Å². The first-order valence-electron chi connectivity index (χ1n) is 7.35. The highest BCUT2D eigenvalue weighted by Gasteiger charge is 2.18. The number of amides is 3. The van der Waals surface area contributed by atoms with Crippen molar-refractivity contribution in [3.63, 3.8) is 0 Å². The van der Waals surface area contributed by atoms with E-state index in [4.69, 9.17) is 9.47 Å². The fraction of sp³-hybridized carbons (Fsp3) is 0.571. The molecule has 0 unspecified atom stereocenters. The van der Waals surface area contributed by atoms with Gasteiger partial charge in [-0.2, -0.15) is 0 Å². The molecule has 1 heterocycles. The summed E-state index contributed by atoms with van der Waals surface area (Å²) in [5, 5.41) is 5.51. The normalized spacial score (nSPS) is 10.1. The van der Waals surface area contributed by atoms with Crippen LogP contribution in [-0.2, 0) is 19.1 Å². The molecular formula is C14H22N4O5S. The average molecular weight is 358 g/mol. The van der Waals surface area contributed by atoms with Crippen LogP contribution in [0.5, 0.6) is 0 Å². The Morgan fingerprint density at radius 1 is 1.38 bits per heavy atom. The lowest BCUT2D eigenvalue weighted by Crippen LogP contribution is -2.46. The van der Waals surface area contributed by atoms with Crippen molar-refractivity contribution in [2.75, 3.05) is 45.3 Å². The Morgan fingerprint density at radius 3 is 2.71 bits per heavy atom. The van der Waals surface area contributed by atoms with Crippen LogP contribution in [0.15, 0.2) is 6.20 Å². The molecule has 1 rings (SSSR count). The summed E-state index contributed by atoms with van der Waals surface area (Å²) in [6.45, 7) is 3.81. The van der Waals surface area contributed by atoms with Crippen molar-refractivity contribution in [2.45, 2.75) is 13.8 Å². The maximum absolute atomic E-state index is 12.1. The van der Waals surface area contributed by atoms with Crippen LogP contribution < -0.4 is 10.6 Å². The topological polar surface area (TPSA) is 110 Å². The number of urea groups is 1. The molecular weight excluding hydrogens is 336 g/mol. The molecule has 9 nitrogen and oxygen atoms in total. The summed E-state index contributed by atoms with van der Waals surface area (Å²) >= 11 is 1.34. The lowest BCUT2D eigenvalue weighted by atomic mass is 10.4. The van der Waals surface area contributed by atoms with E-state index >= 15 is 0 Å². The fourth-order valence-corrected chi connectivity index (χ4v) is 2.35. The van der Waals surface area contributed by atoms with Crippen LogP contribution in [0, 0.1) is 6.92 Å². The number of hydrogen-bond donors (Lipinski definition) is 2. The number of ether oxygens (including phenoxy) is 2. The lowest BCUT2D eigenvalue weighted by Gasteiger charge is -2.21. The molecule has 0 aliphatic heterocycles. The van der Waals surface area contributed by atoms with E-state index in [0.29, 0.717) is 5.13 Å².